The molecule has 1 fully saturated rings. The molecule has 0 N–H and O–H groups in total. The number of aryl methyl sites for hydroxylation is 1. The van der Waals surface area contributed by atoms with E-state index >= 15 is 0 Å². The fourth-order valence-electron chi connectivity index (χ4n) is 4.35. The van der Waals surface area contributed by atoms with Crippen LogP contribution < -0.4 is 0 Å². The highest BCUT2D eigenvalue weighted by Crippen LogP contribution is 2.46. The number of fused-ring (bicyclic) bond motifs is 3. The number of sulfone groups is 1. The fourth-order valence-corrected chi connectivity index (χ4v) is 6.55. The van der Waals surface area contributed by atoms with Crippen molar-refractivity contribution in [3.63, 3.8) is 0 Å². The average molecular weight is 380 g/mol. The van der Waals surface area contributed by atoms with Gasteiger partial charge in [0, 0.05) is 56.8 Å². The Bertz CT molecular complexity index is 1110. The SMILES string of the molecule is Cn1cc(-c2ccc3c(c2)C2CN(Cc4ccncc4)CC2S3(=O)=O)cn1. The third kappa shape index (κ3) is 2.69. The van der Waals surface area contributed by atoms with Crippen LogP contribution in [0.2, 0.25) is 0 Å². The van der Waals surface area contributed by atoms with Gasteiger partial charge in [0.05, 0.1) is 16.3 Å². The first kappa shape index (κ1) is 16.6. The summed E-state index contributed by atoms with van der Waals surface area (Å²) >= 11 is 0. The van der Waals surface area contributed by atoms with Crippen molar-refractivity contribution in [3.8, 4) is 11.1 Å². The normalized spacial score (nSPS) is 23.3. The average Bonchev–Trinajstić information content (AvgIpc) is 3.33. The van der Waals surface area contributed by atoms with Gasteiger partial charge in [0.2, 0.25) is 0 Å². The van der Waals surface area contributed by atoms with E-state index in [1.807, 2.05) is 43.7 Å². The van der Waals surface area contributed by atoms with Gasteiger partial charge in [-0.25, -0.2) is 8.42 Å². The number of benzene rings is 1. The van der Waals surface area contributed by atoms with E-state index in [1.54, 1.807) is 23.1 Å². The van der Waals surface area contributed by atoms with E-state index in [0.29, 0.717) is 11.4 Å². The molecule has 6 nitrogen and oxygen atoms in total. The summed E-state index contributed by atoms with van der Waals surface area (Å²) in [5.41, 5.74) is 4.14. The molecular formula is C20H20N4O2S. The minimum absolute atomic E-state index is 0.0310. The molecule has 27 heavy (non-hydrogen) atoms. The summed E-state index contributed by atoms with van der Waals surface area (Å²) in [5.74, 6) is 0.0310. The second-order valence-corrected chi connectivity index (χ2v) is 9.53. The number of pyridine rings is 1. The van der Waals surface area contributed by atoms with Crippen molar-refractivity contribution < 1.29 is 8.42 Å². The number of hydrogen-bond donors (Lipinski definition) is 0. The van der Waals surface area contributed by atoms with E-state index in [4.69, 9.17) is 0 Å². The standard InChI is InChI=1S/C20H20N4O2S/c1-23-11-16(9-22-23)15-2-3-19-17(8-15)18-12-24(13-20(18)27(19,25)26)10-14-4-6-21-7-5-14/h2-9,11,18,20H,10,12-13H2,1H3. The molecule has 2 atom stereocenters. The Hall–Kier alpha value is -2.51. The molecule has 0 spiro atoms. The number of rotatable bonds is 3. The number of hydrogen-bond acceptors (Lipinski definition) is 5. The maximum absolute atomic E-state index is 13.1. The molecule has 3 aromatic rings. The second kappa shape index (κ2) is 6.00. The van der Waals surface area contributed by atoms with Crippen molar-refractivity contribution in [3.05, 3.63) is 66.2 Å². The highest BCUT2D eigenvalue weighted by atomic mass is 32.2. The molecule has 5 rings (SSSR count). The van der Waals surface area contributed by atoms with E-state index in [0.717, 1.165) is 35.3 Å². The Kier molecular flexibility index (Phi) is 3.70. The van der Waals surface area contributed by atoms with Crippen molar-refractivity contribution in [1.29, 1.82) is 0 Å². The molecule has 4 heterocycles. The Balaban J connectivity index is 1.48. The highest BCUT2D eigenvalue weighted by Gasteiger charge is 2.50. The van der Waals surface area contributed by atoms with E-state index in [1.165, 1.54) is 0 Å². The van der Waals surface area contributed by atoms with Gasteiger partial charge in [0.25, 0.3) is 0 Å². The van der Waals surface area contributed by atoms with Gasteiger partial charge in [-0.2, -0.15) is 5.10 Å². The predicted molar refractivity (Wildman–Crippen MR) is 102 cm³/mol. The Morgan fingerprint density at radius 3 is 2.67 bits per heavy atom. The molecule has 2 aliphatic rings. The van der Waals surface area contributed by atoms with Crippen LogP contribution in [-0.2, 0) is 23.4 Å². The number of nitrogens with zero attached hydrogens (tertiary/aromatic N) is 4. The number of likely N-dealkylation sites (tertiary alicyclic amines) is 1. The molecule has 7 heteroatoms. The molecule has 1 saturated heterocycles. The van der Waals surface area contributed by atoms with Crippen molar-refractivity contribution in [2.75, 3.05) is 13.1 Å². The van der Waals surface area contributed by atoms with Crippen molar-refractivity contribution >= 4 is 9.84 Å². The third-order valence-corrected chi connectivity index (χ3v) is 7.91. The molecule has 0 amide bonds. The van der Waals surface area contributed by atoms with Crippen LogP contribution in [0.3, 0.4) is 0 Å². The van der Waals surface area contributed by atoms with Crippen LogP contribution in [0.4, 0.5) is 0 Å². The molecule has 2 aliphatic heterocycles. The molecule has 0 radical (unpaired) electrons. The molecule has 0 bridgehead atoms. The zero-order valence-electron chi connectivity index (χ0n) is 15.0. The topological polar surface area (TPSA) is 68.1 Å². The van der Waals surface area contributed by atoms with Gasteiger partial charge in [-0.15, -0.1) is 0 Å². The fraction of sp³-hybridized carbons (Fsp3) is 0.300. The van der Waals surface area contributed by atoms with Crippen LogP contribution in [0.25, 0.3) is 11.1 Å². The van der Waals surface area contributed by atoms with Gasteiger partial charge >= 0.3 is 0 Å². The van der Waals surface area contributed by atoms with E-state index in [9.17, 15) is 8.42 Å². The Morgan fingerprint density at radius 1 is 1.11 bits per heavy atom. The van der Waals surface area contributed by atoms with E-state index < -0.39 is 9.84 Å². The first-order chi connectivity index (χ1) is 13.0. The summed E-state index contributed by atoms with van der Waals surface area (Å²) in [6, 6.07) is 9.68. The summed E-state index contributed by atoms with van der Waals surface area (Å²) < 4.78 is 27.9. The van der Waals surface area contributed by atoms with Gasteiger partial charge in [-0.1, -0.05) is 6.07 Å². The minimum atomic E-state index is -3.28. The summed E-state index contributed by atoms with van der Waals surface area (Å²) in [6.07, 6.45) is 7.32. The summed E-state index contributed by atoms with van der Waals surface area (Å²) in [4.78, 5) is 6.80. The molecule has 2 unspecified atom stereocenters. The van der Waals surface area contributed by atoms with Gasteiger partial charge in [-0.3, -0.25) is 14.6 Å². The molecule has 0 aliphatic carbocycles. The van der Waals surface area contributed by atoms with Gasteiger partial charge in [0.15, 0.2) is 9.84 Å². The minimum Gasteiger partial charge on any atom is -0.297 e. The van der Waals surface area contributed by atoms with Crippen LogP contribution in [0, 0.1) is 0 Å². The largest absolute Gasteiger partial charge is 0.297 e. The molecule has 0 saturated carbocycles. The lowest BCUT2D eigenvalue weighted by atomic mass is 9.95. The lowest BCUT2D eigenvalue weighted by Crippen LogP contribution is -2.25. The summed E-state index contributed by atoms with van der Waals surface area (Å²) in [7, 11) is -1.40. The zero-order valence-corrected chi connectivity index (χ0v) is 15.8. The first-order valence-corrected chi connectivity index (χ1v) is 10.5. The van der Waals surface area contributed by atoms with Crippen LogP contribution in [-0.4, -0.2) is 46.4 Å². The lowest BCUT2D eigenvalue weighted by molar-refractivity contribution is 0.325. The molecule has 138 valence electrons. The monoisotopic (exact) mass is 380 g/mol. The van der Waals surface area contributed by atoms with Crippen molar-refractivity contribution in [2.45, 2.75) is 22.6 Å². The Labute approximate surface area is 158 Å². The number of aromatic nitrogens is 3. The van der Waals surface area contributed by atoms with Gasteiger partial charge in [0.1, 0.15) is 0 Å². The zero-order chi connectivity index (χ0) is 18.6. The van der Waals surface area contributed by atoms with Crippen LogP contribution in [0.15, 0.2) is 60.0 Å². The van der Waals surface area contributed by atoms with E-state index in [-0.39, 0.29) is 11.2 Å². The van der Waals surface area contributed by atoms with Crippen LogP contribution >= 0.6 is 0 Å². The van der Waals surface area contributed by atoms with Crippen LogP contribution in [0.5, 0.6) is 0 Å². The summed E-state index contributed by atoms with van der Waals surface area (Å²) in [5, 5.41) is 3.88. The quantitative estimate of drug-likeness (QED) is 0.697. The van der Waals surface area contributed by atoms with E-state index in [2.05, 4.69) is 15.0 Å². The summed E-state index contributed by atoms with van der Waals surface area (Å²) in [6.45, 7) is 2.09. The van der Waals surface area contributed by atoms with Crippen molar-refractivity contribution in [1.82, 2.24) is 19.7 Å². The van der Waals surface area contributed by atoms with Gasteiger partial charge in [-0.05, 0) is 41.0 Å². The maximum Gasteiger partial charge on any atom is 0.183 e. The van der Waals surface area contributed by atoms with Crippen LogP contribution in [0.1, 0.15) is 17.0 Å². The van der Waals surface area contributed by atoms with Crippen molar-refractivity contribution in [2.24, 2.45) is 7.05 Å². The van der Waals surface area contributed by atoms with Gasteiger partial charge < -0.3 is 0 Å². The molecule has 2 aromatic heterocycles. The Morgan fingerprint density at radius 2 is 1.93 bits per heavy atom. The smallest absolute Gasteiger partial charge is 0.183 e. The lowest BCUT2D eigenvalue weighted by Gasteiger charge is -2.17. The first-order valence-electron chi connectivity index (χ1n) is 9.00. The molecule has 1 aromatic carbocycles. The third-order valence-electron chi connectivity index (χ3n) is 5.65. The second-order valence-electron chi connectivity index (χ2n) is 7.39. The highest BCUT2D eigenvalue weighted by molar-refractivity contribution is 7.92. The predicted octanol–water partition coefficient (Wildman–Crippen LogP) is 2.24. The molecular weight excluding hydrogens is 360 g/mol. The maximum atomic E-state index is 13.1.